The summed E-state index contributed by atoms with van der Waals surface area (Å²) in [5, 5.41) is 11.2. The molecule has 0 aliphatic rings. The Kier molecular flexibility index (Phi) is 10.7. The van der Waals surface area contributed by atoms with Gasteiger partial charge in [-0.2, -0.15) is 6.41 Å². The van der Waals surface area contributed by atoms with Gasteiger partial charge < -0.3 is 15.2 Å². The Balaban J connectivity index is 0.00000218. The number of ketones is 1. The quantitative estimate of drug-likeness (QED) is 0.196. The van der Waals surface area contributed by atoms with Crippen molar-refractivity contribution < 1.29 is 19.5 Å². The van der Waals surface area contributed by atoms with Crippen LogP contribution < -0.4 is 5.32 Å². The molecule has 148 valence electrons. The molecule has 1 amide bonds. The fraction of sp³-hybridized carbons (Fsp3) is 0.211. The smallest absolute Gasteiger partial charge is 0 e. The third-order valence-corrected chi connectivity index (χ3v) is 4.26. The number of carbonyl (C=O) groups excluding carboxylic acids is 2. The van der Waals surface area contributed by atoms with Crippen LogP contribution in [0.15, 0.2) is 46.9 Å². The molecule has 1 unspecified atom stereocenters. The SMILES string of the molecule is CC(=O)c1ccc(-c2ccc(CC(N[C-]=O)C(=O)O)cc2)cc1Br.[CH3][Sb].[Fm]. The number of carboxylic acid groups (broad SMARTS) is 1. The van der Waals surface area contributed by atoms with Crippen molar-refractivity contribution in [2.75, 3.05) is 0 Å². The molecule has 0 bridgehead atoms. The Morgan fingerprint density at radius 1 is 1.15 bits per heavy atom. The summed E-state index contributed by atoms with van der Waals surface area (Å²) in [6, 6.07) is 11.9. The third kappa shape index (κ3) is 6.87. The predicted molar refractivity (Wildman–Crippen MR) is 105 cm³/mol. The maximum atomic E-state index is 11.5. The van der Waals surface area contributed by atoms with Crippen LogP contribution in [0.4, 0.5) is 0 Å². The van der Waals surface area contributed by atoms with Gasteiger partial charge in [-0.1, -0.05) is 46.3 Å². The minimum absolute atomic E-state index is 0. The maximum absolute atomic E-state index is 11.5. The number of hydrogen-bond donors (Lipinski definition) is 2. The summed E-state index contributed by atoms with van der Waals surface area (Å²) in [6.07, 6.45) is 1.59. The van der Waals surface area contributed by atoms with Crippen LogP contribution in [-0.4, -0.2) is 52.3 Å². The zero-order valence-electron chi connectivity index (χ0n) is 14.6. The minimum Gasteiger partial charge on any atom is 0 e. The molecule has 0 heterocycles. The molecular formula is C19H18BrFmNO4Sb-. The average molecular weight is 783 g/mol. The monoisotopic (exact) mass is 781 g/mol. The number of aliphatic carboxylic acids is 1. The number of rotatable bonds is 7. The third-order valence-electron chi connectivity index (χ3n) is 3.61. The van der Waals surface area contributed by atoms with Crippen LogP contribution in [0.3, 0.4) is 0 Å². The van der Waals surface area contributed by atoms with Crippen molar-refractivity contribution in [2.24, 2.45) is 0 Å². The van der Waals surface area contributed by atoms with Crippen LogP contribution in [0.25, 0.3) is 11.1 Å². The minimum atomic E-state index is -1.11. The summed E-state index contributed by atoms with van der Waals surface area (Å²) in [7, 11) is 0. The van der Waals surface area contributed by atoms with Gasteiger partial charge in [0.2, 0.25) is 0 Å². The second-order valence-corrected chi connectivity index (χ2v) is 6.14. The van der Waals surface area contributed by atoms with Gasteiger partial charge in [0.25, 0.3) is 0 Å². The van der Waals surface area contributed by atoms with E-state index < -0.39 is 12.0 Å². The van der Waals surface area contributed by atoms with Crippen molar-refractivity contribution in [3.8, 4) is 11.1 Å². The van der Waals surface area contributed by atoms with Crippen LogP contribution in [0.2, 0.25) is 4.87 Å². The van der Waals surface area contributed by atoms with E-state index in [0.717, 1.165) is 21.2 Å². The van der Waals surface area contributed by atoms with Crippen molar-refractivity contribution in [3.63, 3.8) is 0 Å². The standard InChI is InChI=1S/C18H15BrNO4.CH3.Fm.Sb/c1-11(22)15-7-6-14(9-16(15)19)13-4-2-12(3-5-13)8-17(18(23)24)20-10-21;;;/h2-7,9,17H,8H2,1H3,(H,20,21)(H,23,24);1H3;;/q-1;;;. The second kappa shape index (κ2) is 11.9. The second-order valence-electron chi connectivity index (χ2n) is 5.29. The Labute approximate surface area is 174 Å². The van der Waals surface area contributed by atoms with Crippen LogP contribution in [0.5, 0.6) is 0 Å². The van der Waals surface area contributed by atoms with Crippen molar-refractivity contribution in [3.05, 3.63) is 58.1 Å². The van der Waals surface area contributed by atoms with Crippen molar-refractivity contribution in [2.45, 2.75) is 24.3 Å². The molecule has 0 saturated carbocycles. The number of amides is 1. The Morgan fingerprint density at radius 2 is 1.70 bits per heavy atom. The Morgan fingerprint density at radius 3 is 2.15 bits per heavy atom. The molecule has 2 aromatic rings. The van der Waals surface area contributed by atoms with Gasteiger partial charge in [0.05, 0.1) is 0 Å². The number of carbonyl (C=O) groups is 2. The molecule has 2 radical (unpaired) electrons. The van der Waals surface area contributed by atoms with Crippen LogP contribution >= 0.6 is 15.9 Å². The number of hydrogen-bond acceptors (Lipinski definition) is 3. The topological polar surface area (TPSA) is 83.5 Å². The maximum Gasteiger partial charge on any atom is 0 e. The van der Waals surface area contributed by atoms with Crippen molar-refractivity contribution >= 4 is 57.1 Å². The molecular weight excluding hydrogens is 765 g/mol. The number of Topliss-reactive ketones (excluding diaryl/α,β-unsaturated/α-hetero) is 1. The normalized spacial score (nSPS) is 10.5. The zero-order valence-corrected chi connectivity index (χ0v) is 21.2. The van der Waals surface area contributed by atoms with Gasteiger partial charge in [-0.15, -0.1) is 0 Å². The summed E-state index contributed by atoms with van der Waals surface area (Å²) < 4.78 is 0.730. The van der Waals surface area contributed by atoms with E-state index in [-0.39, 0.29) is 12.2 Å². The van der Waals surface area contributed by atoms with E-state index in [1.54, 1.807) is 29.1 Å². The van der Waals surface area contributed by atoms with E-state index in [1.165, 1.54) is 13.3 Å². The Hall–Kier alpha value is -2.65. The predicted octanol–water partition coefficient (Wildman–Crippen LogP) is 3.17. The summed E-state index contributed by atoms with van der Waals surface area (Å²) in [4.78, 5) is 34.9. The molecule has 0 saturated heterocycles. The van der Waals surface area contributed by atoms with E-state index in [4.69, 9.17) is 5.11 Å². The van der Waals surface area contributed by atoms with E-state index in [1.807, 2.05) is 36.4 Å². The van der Waals surface area contributed by atoms with Gasteiger partial charge in [0.1, 0.15) is 6.04 Å². The average Bonchev–Trinajstić information content (AvgIpc) is 2.63. The molecule has 0 aromatic heterocycles. The number of benzene rings is 2. The first kappa shape index (κ1) is 24.3. The van der Waals surface area contributed by atoms with E-state index >= 15 is 0 Å². The fourth-order valence-electron chi connectivity index (χ4n) is 2.32. The number of halogens is 1. The first-order valence-corrected chi connectivity index (χ1v) is 11.0. The number of nitrogens with one attached hydrogen (secondary N) is 1. The van der Waals surface area contributed by atoms with Crippen LogP contribution in [0, 0.1) is 0 Å². The molecule has 2 aromatic carbocycles. The van der Waals surface area contributed by atoms with Crippen molar-refractivity contribution in [1.82, 2.24) is 5.32 Å². The molecule has 2 N–H and O–H groups in total. The van der Waals surface area contributed by atoms with Gasteiger partial charge in [0.15, 0.2) is 5.78 Å². The van der Waals surface area contributed by atoms with E-state index in [0.29, 0.717) is 5.56 Å². The van der Waals surface area contributed by atoms with E-state index in [2.05, 4.69) is 26.1 Å². The summed E-state index contributed by atoms with van der Waals surface area (Å²) in [5.74, 6) is -1.12. The Bertz CT molecular complexity index is 784. The summed E-state index contributed by atoms with van der Waals surface area (Å²) in [6.45, 7) is 1.51. The van der Waals surface area contributed by atoms with Crippen LogP contribution in [-0.2, 0) is 16.0 Å². The molecule has 0 aliphatic carbocycles. The first-order valence-electron chi connectivity index (χ1n) is 7.62. The molecule has 8 heteroatoms. The van der Waals surface area contributed by atoms with Gasteiger partial charge in [-0.3, -0.25) is 9.59 Å². The van der Waals surface area contributed by atoms with Gasteiger partial charge in [-0.25, -0.2) is 0 Å². The zero-order chi connectivity index (χ0) is 19.7. The largest absolute Gasteiger partial charge is 0 e. The fourth-order valence-corrected chi connectivity index (χ4v) is 2.98. The van der Waals surface area contributed by atoms with Gasteiger partial charge >= 0.3 is 33.9 Å². The first-order chi connectivity index (χ1) is 12.4. The van der Waals surface area contributed by atoms with Gasteiger partial charge in [-0.05, 0) is 35.7 Å². The molecule has 0 spiro atoms. The summed E-state index contributed by atoms with van der Waals surface area (Å²) in [5.41, 5.74) is 3.29. The van der Waals surface area contributed by atoms with E-state index in [9.17, 15) is 14.4 Å². The molecule has 0 aliphatic heterocycles. The van der Waals surface area contributed by atoms with Gasteiger partial charge in [0, 0.05) is 16.5 Å². The van der Waals surface area contributed by atoms with Crippen molar-refractivity contribution in [1.29, 1.82) is 0 Å². The molecule has 5 nitrogen and oxygen atoms in total. The molecule has 2 rings (SSSR count). The molecule has 0 fully saturated rings. The van der Waals surface area contributed by atoms with Crippen LogP contribution in [0.1, 0.15) is 22.8 Å². The number of carboxylic acids is 1. The molecule has 27 heavy (non-hydrogen) atoms. The summed E-state index contributed by atoms with van der Waals surface area (Å²) >= 11 is 5.14. The molecule has 1 atom stereocenters.